The zero-order chi connectivity index (χ0) is 23.0. The van der Waals surface area contributed by atoms with E-state index in [-0.39, 0.29) is 23.9 Å². The molecule has 3 aromatic rings. The number of hydrogen-bond donors (Lipinski definition) is 1. The van der Waals surface area contributed by atoms with Gasteiger partial charge in [-0.1, -0.05) is 11.6 Å². The Hall–Kier alpha value is -2.50. The van der Waals surface area contributed by atoms with Crippen molar-refractivity contribution < 1.29 is 17.6 Å². The summed E-state index contributed by atoms with van der Waals surface area (Å²) < 4.78 is 42.6. The summed E-state index contributed by atoms with van der Waals surface area (Å²) in [5.74, 6) is 2.13. The van der Waals surface area contributed by atoms with Gasteiger partial charge in [-0.25, -0.2) is 18.4 Å². The number of rotatable bonds is 9. The molecule has 0 aliphatic heterocycles. The lowest BCUT2D eigenvalue weighted by Crippen LogP contribution is -2.35. The maximum atomic E-state index is 13.3. The molecule has 32 heavy (non-hydrogen) atoms. The van der Waals surface area contributed by atoms with Crippen molar-refractivity contribution in [2.45, 2.75) is 64.0 Å². The molecule has 0 saturated heterocycles. The van der Waals surface area contributed by atoms with E-state index in [0.29, 0.717) is 16.6 Å². The molecule has 0 aromatic carbocycles. The van der Waals surface area contributed by atoms with E-state index in [9.17, 15) is 8.42 Å². The Morgan fingerprint density at radius 2 is 1.88 bits per heavy atom. The van der Waals surface area contributed by atoms with Crippen LogP contribution in [0.5, 0.6) is 0 Å². The van der Waals surface area contributed by atoms with Crippen LogP contribution in [-0.4, -0.2) is 44.5 Å². The molecule has 0 bridgehead atoms. The lowest BCUT2D eigenvalue weighted by molar-refractivity contribution is 0.00154. The average molecular weight is 481 g/mol. The van der Waals surface area contributed by atoms with Gasteiger partial charge in [0.2, 0.25) is 21.8 Å². The molecule has 1 saturated carbocycles. The molecular formula is C20H25ClN6O4S. The van der Waals surface area contributed by atoms with Gasteiger partial charge in [-0.05, 0) is 52.7 Å². The molecule has 3 aromatic heterocycles. The van der Waals surface area contributed by atoms with Crippen LogP contribution >= 0.6 is 11.6 Å². The van der Waals surface area contributed by atoms with Gasteiger partial charge in [0.05, 0.1) is 11.1 Å². The Morgan fingerprint density at radius 1 is 1.19 bits per heavy atom. The number of furan rings is 1. The smallest absolute Gasteiger partial charge is 0.240 e. The normalized spacial score (nSPS) is 16.3. The van der Waals surface area contributed by atoms with Crippen LogP contribution in [0.1, 0.15) is 57.3 Å². The molecular weight excluding hydrogens is 456 g/mol. The quantitative estimate of drug-likeness (QED) is 0.488. The number of hydrogen-bond acceptors (Lipinski definition) is 8. The predicted molar refractivity (Wildman–Crippen MR) is 119 cm³/mol. The van der Waals surface area contributed by atoms with Gasteiger partial charge in [-0.2, -0.15) is 0 Å². The van der Waals surface area contributed by atoms with E-state index in [0.717, 1.165) is 18.6 Å². The summed E-state index contributed by atoms with van der Waals surface area (Å²) in [4.78, 5) is 8.34. The van der Waals surface area contributed by atoms with Crippen molar-refractivity contribution in [3.63, 3.8) is 0 Å². The molecule has 0 radical (unpaired) electrons. The molecule has 1 N–H and O–H groups in total. The van der Waals surface area contributed by atoms with Crippen LogP contribution in [0.15, 0.2) is 28.9 Å². The van der Waals surface area contributed by atoms with E-state index in [1.807, 2.05) is 26.8 Å². The molecule has 2 atom stereocenters. The van der Waals surface area contributed by atoms with Crippen molar-refractivity contribution in [1.82, 2.24) is 24.7 Å². The Labute approximate surface area is 191 Å². The van der Waals surface area contributed by atoms with Crippen LogP contribution < -0.4 is 4.72 Å². The minimum Gasteiger partial charge on any atom is -0.458 e. The Morgan fingerprint density at radius 3 is 2.44 bits per heavy atom. The molecule has 172 valence electrons. The maximum absolute atomic E-state index is 13.3. The van der Waals surface area contributed by atoms with Crippen molar-refractivity contribution in [3.8, 4) is 11.6 Å². The van der Waals surface area contributed by atoms with Gasteiger partial charge in [-0.3, -0.25) is 9.29 Å². The summed E-state index contributed by atoms with van der Waals surface area (Å²) in [6.45, 7) is 7.01. The summed E-state index contributed by atoms with van der Waals surface area (Å²) in [6.07, 6.45) is 3.48. The fourth-order valence-corrected chi connectivity index (χ4v) is 4.48. The first-order chi connectivity index (χ1) is 15.2. The molecule has 1 fully saturated rings. The highest BCUT2D eigenvalue weighted by Crippen LogP contribution is 2.41. The first kappa shape index (κ1) is 22.7. The van der Waals surface area contributed by atoms with Crippen LogP contribution in [0, 0.1) is 6.92 Å². The largest absolute Gasteiger partial charge is 0.458 e. The van der Waals surface area contributed by atoms with Crippen LogP contribution in [0.2, 0.25) is 5.02 Å². The number of aryl methyl sites for hydroxylation is 1. The second-order valence-corrected chi connectivity index (χ2v) is 10.5. The summed E-state index contributed by atoms with van der Waals surface area (Å²) in [5.41, 5.74) is 0. The fourth-order valence-electron chi connectivity index (χ4n) is 3.29. The lowest BCUT2D eigenvalue weighted by Gasteiger charge is -2.25. The zero-order valence-electron chi connectivity index (χ0n) is 18.2. The SMILES string of the molecule is Cc1ccc(-c2nnc(NS(=O)(=O)C(C)C(OC(C)C)c3ncc(Cl)cn3)n2C2CC2)o1. The van der Waals surface area contributed by atoms with Gasteiger partial charge in [0.1, 0.15) is 17.1 Å². The van der Waals surface area contributed by atoms with Gasteiger partial charge in [0, 0.05) is 18.4 Å². The minimum atomic E-state index is -3.95. The number of halogens is 1. The van der Waals surface area contributed by atoms with E-state index in [4.69, 9.17) is 20.8 Å². The van der Waals surface area contributed by atoms with Crippen LogP contribution in [-0.2, 0) is 14.8 Å². The van der Waals surface area contributed by atoms with Gasteiger partial charge in [-0.15, -0.1) is 10.2 Å². The third-order valence-electron chi connectivity index (χ3n) is 5.03. The lowest BCUT2D eigenvalue weighted by atomic mass is 10.2. The molecule has 4 rings (SSSR count). The monoisotopic (exact) mass is 480 g/mol. The molecule has 0 spiro atoms. The number of ether oxygens (including phenoxy) is 1. The fraction of sp³-hybridized carbons (Fsp3) is 0.500. The number of anilines is 1. The van der Waals surface area contributed by atoms with E-state index in [1.54, 1.807) is 17.6 Å². The van der Waals surface area contributed by atoms with E-state index < -0.39 is 21.4 Å². The first-order valence-electron chi connectivity index (χ1n) is 10.3. The number of nitrogens with one attached hydrogen (secondary N) is 1. The van der Waals surface area contributed by atoms with Gasteiger partial charge >= 0.3 is 0 Å². The van der Waals surface area contributed by atoms with Gasteiger partial charge in [0.25, 0.3) is 0 Å². The van der Waals surface area contributed by atoms with Crippen molar-refractivity contribution in [2.75, 3.05) is 4.72 Å². The zero-order valence-corrected chi connectivity index (χ0v) is 19.8. The van der Waals surface area contributed by atoms with Crippen LogP contribution in [0.25, 0.3) is 11.6 Å². The van der Waals surface area contributed by atoms with E-state index in [2.05, 4.69) is 24.9 Å². The van der Waals surface area contributed by atoms with Crippen LogP contribution in [0.4, 0.5) is 5.95 Å². The maximum Gasteiger partial charge on any atom is 0.240 e. The van der Waals surface area contributed by atoms with Gasteiger partial charge < -0.3 is 9.15 Å². The molecule has 10 nitrogen and oxygen atoms in total. The topological polar surface area (TPSA) is 125 Å². The Balaban J connectivity index is 1.64. The number of aromatic nitrogens is 5. The van der Waals surface area contributed by atoms with E-state index >= 15 is 0 Å². The first-order valence-corrected chi connectivity index (χ1v) is 12.2. The van der Waals surface area contributed by atoms with Crippen molar-refractivity contribution >= 4 is 27.6 Å². The third-order valence-corrected chi connectivity index (χ3v) is 6.92. The standard InChI is InChI=1S/C20H25ClN6O4S/c1-11(2)30-17(18-22-9-14(21)10-23-18)13(4)32(28,29)26-20-25-24-19(27(20)15-6-7-15)16-8-5-12(3)31-16/h5,8-11,13,15,17H,6-7H2,1-4H3,(H,25,26). The van der Waals surface area contributed by atoms with Crippen LogP contribution in [0.3, 0.4) is 0 Å². The molecule has 3 heterocycles. The second kappa shape index (κ2) is 8.80. The summed E-state index contributed by atoms with van der Waals surface area (Å²) >= 11 is 5.88. The summed E-state index contributed by atoms with van der Waals surface area (Å²) in [7, 11) is -3.95. The minimum absolute atomic E-state index is 0.112. The van der Waals surface area contributed by atoms with Gasteiger partial charge in [0.15, 0.2) is 11.6 Å². The molecule has 0 amide bonds. The third kappa shape index (κ3) is 4.79. The average Bonchev–Trinajstić information content (AvgIpc) is 3.35. The Bertz CT molecular complexity index is 1190. The summed E-state index contributed by atoms with van der Waals surface area (Å²) in [6, 6.07) is 3.73. The number of nitrogens with zero attached hydrogens (tertiary/aromatic N) is 5. The van der Waals surface area contributed by atoms with E-state index in [1.165, 1.54) is 12.4 Å². The Kier molecular flexibility index (Phi) is 6.24. The predicted octanol–water partition coefficient (Wildman–Crippen LogP) is 3.92. The molecule has 2 unspecified atom stereocenters. The molecule has 12 heteroatoms. The number of sulfonamides is 1. The highest BCUT2D eigenvalue weighted by molar-refractivity contribution is 7.93. The summed E-state index contributed by atoms with van der Waals surface area (Å²) in [5, 5.41) is 7.62. The van der Waals surface area contributed by atoms with Crippen molar-refractivity contribution in [2.24, 2.45) is 0 Å². The van der Waals surface area contributed by atoms with Crippen molar-refractivity contribution in [1.29, 1.82) is 0 Å². The molecule has 1 aliphatic rings. The highest BCUT2D eigenvalue weighted by atomic mass is 35.5. The molecule has 1 aliphatic carbocycles. The highest BCUT2D eigenvalue weighted by Gasteiger charge is 2.37. The van der Waals surface area contributed by atoms with Crippen molar-refractivity contribution in [3.05, 3.63) is 41.1 Å². The second-order valence-electron chi connectivity index (χ2n) is 8.08.